The molecule has 2 rings (SSSR count). The highest BCUT2D eigenvalue weighted by atomic mass is 79.9. The van der Waals surface area contributed by atoms with Crippen LogP contribution < -0.4 is 0 Å². The van der Waals surface area contributed by atoms with Crippen molar-refractivity contribution in [3.05, 3.63) is 33.3 Å². The van der Waals surface area contributed by atoms with Gasteiger partial charge in [0.15, 0.2) is 0 Å². The molecule has 0 spiro atoms. The SMILES string of the molecule is CN(C)C1CCN(C(=O)c2ccc(Br)c(Cl)c2)C1. The maximum atomic E-state index is 12.3. The van der Waals surface area contributed by atoms with Crippen LogP contribution in [0.4, 0.5) is 0 Å². The van der Waals surface area contributed by atoms with Crippen LogP contribution in [-0.4, -0.2) is 48.9 Å². The zero-order chi connectivity index (χ0) is 13.3. The Kier molecular flexibility index (Phi) is 4.30. The van der Waals surface area contributed by atoms with Crippen LogP contribution in [0.3, 0.4) is 0 Å². The summed E-state index contributed by atoms with van der Waals surface area (Å²) in [6.07, 6.45) is 1.03. The molecule has 1 saturated heterocycles. The quantitative estimate of drug-likeness (QED) is 0.832. The smallest absolute Gasteiger partial charge is 0.253 e. The molecule has 3 nitrogen and oxygen atoms in total. The summed E-state index contributed by atoms with van der Waals surface area (Å²) >= 11 is 9.34. The van der Waals surface area contributed by atoms with Crippen molar-refractivity contribution in [2.75, 3.05) is 27.2 Å². The van der Waals surface area contributed by atoms with Crippen molar-refractivity contribution in [3.8, 4) is 0 Å². The van der Waals surface area contributed by atoms with E-state index in [-0.39, 0.29) is 5.91 Å². The van der Waals surface area contributed by atoms with E-state index in [0.29, 0.717) is 16.6 Å². The fourth-order valence-electron chi connectivity index (χ4n) is 2.16. The molecule has 1 fully saturated rings. The highest BCUT2D eigenvalue weighted by Gasteiger charge is 2.28. The van der Waals surface area contributed by atoms with Gasteiger partial charge in [0.05, 0.1) is 5.02 Å². The molecule has 0 saturated carbocycles. The second kappa shape index (κ2) is 5.59. The summed E-state index contributed by atoms with van der Waals surface area (Å²) in [6.45, 7) is 1.61. The molecule has 1 heterocycles. The molecule has 1 atom stereocenters. The minimum Gasteiger partial charge on any atom is -0.337 e. The molecule has 1 aliphatic rings. The van der Waals surface area contributed by atoms with Gasteiger partial charge in [0.25, 0.3) is 5.91 Å². The number of halogens is 2. The molecule has 1 unspecified atom stereocenters. The molecule has 1 aromatic rings. The topological polar surface area (TPSA) is 23.6 Å². The first kappa shape index (κ1) is 13.8. The first-order chi connectivity index (χ1) is 8.49. The van der Waals surface area contributed by atoms with Gasteiger partial charge in [0.2, 0.25) is 0 Å². The first-order valence-electron chi connectivity index (χ1n) is 5.90. The second-order valence-corrected chi connectivity index (χ2v) is 6.05. The molecular formula is C13H16BrClN2O. The van der Waals surface area contributed by atoms with Gasteiger partial charge in [0, 0.05) is 29.2 Å². The van der Waals surface area contributed by atoms with E-state index in [0.717, 1.165) is 24.0 Å². The number of hydrogen-bond donors (Lipinski definition) is 0. The molecular weight excluding hydrogens is 316 g/mol. The molecule has 0 radical (unpaired) electrons. The monoisotopic (exact) mass is 330 g/mol. The van der Waals surface area contributed by atoms with Crippen molar-refractivity contribution in [1.82, 2.24) is 9.80 Å². The van der Waals surface area contributed by atoms with Crippen molar-refractivity contribution in [1.29, 1.82) is 0 Å². The third-order valence-corrected chi connectivity index (χ3v) is 4.58. The van der Waals surface area contributed by atoms with Gasteiger partial charge in [-0.2, -0.15) is 0 Å². The number of likely N-dealkylation sites (tertiary alicyclic amines) is 1. The molecule has 5 heteroatoms. The number of hydrogen-bond acceptors (Lipinski definition) is 2. The van der Waals surface area contributed by atoms with E-state index < -0.39 is 0 Å². The summed E-state index contributed by atoms with van der Waals surface area (Å²) in [5.74, 6) is 0.0637. The van der Waals surface area contributed by atoms with Crippen molar-refractivity contribution in [2.24, 2.45) is 0 Å². The van der Waals surface area contributed by atoms with E-state index in [1.54, 1.807) is 12.1 Å². The van der Waals surface area contributed by atoms with Crippen LogP contribution in [0.15, 0.2) is 22.7 Å². The molecule has 1 aliphatic heterocycles. The Morgan fingerprint density at radius 3 is 2.78 bits per heavy atom. The normalized spacial score (nSPS) is 19.6. The molecule has 18 heavy (non-hydrogen) atoms. The van der Waals surface area contributed by atoms with Crippen molar-refractivity contribution >= 4 is 33.4 Å². The van der Waals surface area contributed by atoms with Gasteiger partial charge in [-0.3, -0.25) is 4.79 Å². The van der Waals surface area contributed by atoms with Crippen LogP contribution in [0.5, 0.6) is 0 Å². The average Bonchev–Trinajstić information content (AvgIpc) is 2.81. The fraction of sp³-hybridized carbons (Fsp3) is 0.462. The van der Waals surface area contributed by atoms with E-state index in [1.807, 2.05) is 11.0 Å². The number of likely N-dealkylation sites (N-methyl/N-ethyl adjacent to an activating group) is 1. The molecule has 0 aliphatic carbocycles. The van der Waals surface area contributed by atoms with E-state index in [1.165, 1.54) is 0 Å². The Balaban J connectivity index is 2.10. The zero-order valence-corrected chi connectivity index (χ0v) is 12.8. The highest BCUT2D eigenvalue weighted by molar-refractivity contribution is 9.10. The molecule has 1 amide bonds. The lowest BCUT2D eigenvalue weighted by molar-refractivity contribution is 0.0783. The summed E-state index contributed by atoms with van der Waals surface area (Å²) in [6, 6.07) is 5.80. The number of carbonyl (C=O) groups excluding carboxylic acids is 1. The average molecular weight is 332 g/mol. The van der Waals surface area contributed by atoms with Crippen molar-refractivity contribution in [2.45, 2.75) is 12.5 Å². The van der Waals surface area contributed by atoms with Crippen molar-refractivity contribution in [3.63, 3.8) is 0 Å². The van der Waals surface area contributed by atoms with Crippen LogP contribution in [-0.2, 0) is 0 Å². The van der Waals surface area contributed by atoms with E-state index in [2.05, 4.69) is 34.9 Å². The summed E-state index contributed by atoms with van der Waals surface area (Å²) in [7, 11) is 4.10. The second-order valence-electron chi connectivity index (χ2n) is 4.79. The summed E-state index contributed by atoms with van der Waals surface area (Å²) in [4.78, 5) is 16.4. The van der Waals surface area contributed by atoms with E-state index in [9.17, 15) is 4.79 Å². The lowest BCUT2D eigenvalue weighted by Crippen LogP contribution is -2.34. The predicted molar refractivity (Wildman–Crippen MR) is 77.1 cm³/mol. The number of nitrogens with zero attached hydrogens (tertiary/aromatic N) is 2. The van der Waals surface area contributed by atoms with Gasteiger partial charge in [-0.15, -0.1) is 0 Å². The third-order valence-electron chi connectivity index (χ3n) is 3.35. The fourth-order valence-corrected chi connectivity index (χ4v) is 2.59. The maximum absolute atomic E-state index is 12.3. The number of benzene rings is 1. The van der Waals surface area contributed by atoms with Gasteiger partial charge in [-0.1, -0.05) is 11.6 Å². The predicted octanol–water partition coefficient (Wildman–Crippen LogP) is 2.88. The Morgan fingerprint density at radius 1 is 1.50 bits per heavy atom. The van der Waals surface area contributed by atoms with Crippen LogP contribution >= 0.6 is 27.5 Å². The molecule has 0 N–H and O–H groups in total. The largest absolute Gasteiger partial charge is 0.337 e. The van der Waals surface area contributed by atoms with Gasteiger partial charge < -0.3 is 9.80 Å². The number of amides is 1. The number of rotatable bonds is 2. The Labute approximate surface area is 121 Å². The van der Waals surface area contributed by atoms with Crippen LogP contribution in [0.2, 0.25) is 5.02 Å². The summed E-state index contributed by atoms with van der Waals surface area (Å²) in [5.41, 5.74) is 0.655. The first-order valence-corrected chi connectivity index (χ1v) is 7.07. The third kappa shape index (κ3) is 2.87. The Hall–Kier alpha value is -0.580. The standard InChI is InChI=1S/C13H16BrClN2O/c1-16(2)10-5-6-17(8-10)13(18)9-3-4-11(14)12(15)7-9/h3-4,7,10H,5-6,8H2,1-2H3. The van der Waals surface area contributed by atoms with Crippen molar-refractivity contribution < 1.29 is 4.79 Å². The highest BCUT2D eigenvalue weighted by Crippen LogP contribution is 2.25. The lowest BCUT2D eigenvalue weighted by Gasteiger charge is -2.20. The van der Waals surface area contributed by atoms with E-state index in [4.69, 9.17) is 11.6 Å². The minimum atomic E-state index is 0.0637. The van der Waals surface area contributed by atoms with E-state index >= 15 is 0 Å². The summed E-state index contributed by atoms with van der Waals surface area (Å²) in [5, 5.41) is 0.573. The van der Waals surface area contributed by atoms with Gasteiger partial charge >= 0.3 is 0 Å². The minimum absolute atomic E-state index is 0.0637. The maximum Gasteiger partial charge on any atom is 0.253 e. The van der Waals surface area contributed by atoms with Gasteiger partial charge in [-0.05, 0) is 54.6 Å². The molecule has 0 bridgehead atoms. The Bertz CT molecular complexity index is 464. The molecule has 1 aromatic carbocycles. The number of carbonyl (C=O) groups is 1. The summed E-state index contributed by atoms with van der Waals surface area (Å²) < 4.78 is 0.813. The van der Waals surface area contributed by atoms with Gasteiger partial charge in [0.1, 0.15) is 0 Å². The lowest BCUT2D eigenvalue weighted by atomic mass is 10.2. The zero-order valence-electron chi connectivity index (χ0n) is 10.5. The molecule has 0 aromatic heterocycles. The van der Waals surface area contributed by atoms with Crippen LogP contribution in [0.25, 0.3) is 0 Å². The van der Waals surface area contributed by atoms with Gasteiger partial charge in [-0.25, -0.2) is 0 Å². The van der Waals surface area contributed by atoms with Crippen LogP contribution in [0, 0.1) is 0 Å². The molecule has 98 valence electrons. The van der Waals surface area contributed by atoms with Crippen LogP contribution in [0.1, 0.15) is 16.8 Å². The Morgan fingerprint density at radius 2 is 2.22 bits per heavy atom.